The summed E-state index contributed by atoms with van der Waals surface area (Å²) in [5.74, 6) is 0.480. The highest BCUT2D eigenvalue weighted by molar-refractivity contribution is 5.81. The van der Waals surface area contributed by atoms with Crippen LogP contribution in [0, 0.1) is 0 Å². The molecular formula is C14H18N4O2. The van der Waals surface area contributed by atoms with Crippen LogP contribution in [-0.4, -0.2) is 27.2 Å². The summed E-state index contributed by atoms with van der Waals surface area (Å²) in [7, 11) is 0. The van der Waals surface area contributed by atoms with Gasteiger partial charge in [-0.1, -0.05) is 0 Å². The third kappa shape index (κ3) is 2.60. The smallest absolute Gasteiger partial charge is 0.260 e. The summed E-state index contributed by atoms with van der Waals surface area (Å²) in [6.45, 7) is 0. The summed E-state index contributed by atoms with van der Waals surface area (Å²) >= 11 is 0. The number of aliphatic hydroxyl groups is 1. The van der Waals surface area contributed by atoms with Gasteiger partial charge in [0.25, 0.3) is 5.56 Å². The molecule has 0 atom stereocenters. The number of nitrogens with one attached hydrogen (secondary N) is 2. The number of H-pyrrole nitrogens is 1. The SMILES string of the molecule is Nc1ccc2nc(NC3CCC(O)CC3)[nH]c(=O)c2c1. The molecule has 1 aromatic heterocycles. The lowest BCUT2D eigenvalue weighted by atomic mass is 9.93. The Bertz CT molecular complexity index is 674. The van der Waals surface area contributed by atoms with Gasteiger partial charge in [-0.2, -0.15) is 0 Å². The van der Waals surface area contributed by atoms with Crippen LogP contribution in [0.3, 0.4) is 0 Å². The number of aromatic nitrogens is 2. The first-order valence-corrected chi connectivity index (χ1v) is 6.86. The van der Waals surface area contributed by atoms with Gasteiger partial charge in [-0.05, 0) is 43.9 Å². The Balaban J connectivity index is 1.85. The molecule has 1 saturated carbocycles. The van der Waals surface area contributed by atoms with Crippen molar-refractivity contribution in [2.24, 2.45) is 0 Å². The zero-order valence-electron chi connectivity index (χ0n) is 11.1. The van der Waals surface area contributed by atoms with Crippen LogP contribution in [0.4, 0.5) is 11.6 Å². The van der Waals surface area contributed by atoms with E-state index in [9.17, 15) is 9.90 Å². The van der Waals surface area contributed by atoms with Gasteiger partial charge in [-0.15, -0.1) is 0 Å². The molecule has 0 amide bonds. The van der Waals surface area contributed by atoms with Crippen molar-refractivity contribution in [2.75, 3.05) is 11.1 Å². The molecular weight excluding hydrogens is 256 g/mol. The van der Waals surface area contributed by atoms with Crippen LogP contribution in [-0.2, 0) is 0 Å². The van der Waals surface area contributed by atoms with Crippen molar-refractivity contribution in [3.8, 4) is 0 Å². The zero-order chi connectivity index (χ0) is 14.1. The first-order chi connectivity index (χ1) is 9.61. The topological polar surface area (TPSA) is 104 Å². The van der Waals surface area contributed by atoms with Crippen LogP contribution in [0.25, 0.3) is 10.9 Å². The average Bonchev–Trinajstić information content (AvgIpc) is 2.42. The van der Waals surface area contributed by atoms with Crippen LogP contribution in [0.5, 0.6) is 0 Å². The second-order valence-electron chi connectivity index (χ2n) is 5.34. The molecule has 0 unspecified atom stereocenters. The summed E-state index contributed by atoms with van der Waals surface area (Å²) in [5.41, 5.74) is 6.65. The van der Waals surface area contributed by atoms with Gasteiger partial charge in [-0.25, -0.2) is 4.98 Å². The number of hydrogen-bond acceptors (Lipinski definition) is 5. The lowest BCUT2D eigenvalue weighted by Gasteiger charge is -2.26. The van der Waals surface area contributed by atoms with Crippen LogP contribution in [0.1, 0.15) is 25.7 Å². The fourth-order valence-electron chi connectivity index (χ4n) is 2.64. The Morgan fingerprint density at radius 2 is 2.05 bits per heavy atom. The number of aliphatic hydroxyl groups excluding tert-OH is 1. The van der Waals surface area contributed by atoms with E-state index in [2.05, 4.69) is 15.3 Å². The third-order valence-corrected chi connectivity index (χ3v) is 3.77. The van der Waals surface area contributed by atoms with Crippen molar-refractivity contribution in [3.05, 3.63) is 28.6 Å². The summed E-state index contributed by atoms with van der Waals surface area (Å²) < 4.78 is 0. The lowest BCUT2D eigenvalue weighted by molar-refractivity contribution is 0.126. The summed E-state index contributed by atoms with van der Waals surface area (Å²) in [4.78, 5) is 19.2. The summed E-state index contributed by atoms with van der Waals surface area (Å²) in [6, 6.07) is 5.35. The molecule has 1 heterocycles. The van der Waals surface area contributed by atoms with E-state index in [1.54, 1.807) is 18.2 Å². The molecule has 0 aliphatic heterocycles. The van der Waals surface area contributed by atoms with Crippen LogP contribution in [0.2, 0.25) is 0 Å². The molecule has 0 radical (unpaired) electrons. The number of hydrogen-bond donors (Lipinski definition) is 4. The Labute approximate surface area is 116 Å². The highest BCUT2D eigenvalue weighted by atomic mass is 16.3. The van der Waals surface area contributed by atoms with Crippen molar-refractivity contribution in [3.63, 3.8) is 0 Å². The Hall–Kier alpha value is -2.08. The molecule has 0 bridgehead atoms. The molecule has 0 spiro atoms. The fraction of sp³-hybridized carbons (Fsp3) is 0.429. The molecule has 0 saturated heterocycles. The number of anilines is 2. The minimum absolute atomic E-state index is 0.194. The van der Waals surface area contributed by atoms with Crippen molar-refractivity contribution < 1.29 is 5.11 Å². The fourth-order valence-corrected chi connectivity index (χ4v) is 2.64. The van der Waals surface area contributed by atoms with Gasteiger partial charge in [0, 0.05) is 11.7 Å². The van der Waals surface area contributed by atoms with Crippen molar-refractivity contribution >= 4 is 22.5 Å². The predicted molar refractivity (Wildman–Crippen MR) is 78.7 cm³/mol. The van der Waals surface area contributed by atoms with E-state index in [1.165, 1.54) is 0 Å². The molecule has 106 valence electrons. The van der Waals surface area contributed by atoms with Crippen molar-refractivity contribution in [2.45, 2.75) is 37.8 Å². The average molecular weight is 274 g/mol. The predicted octanol–water partition coefficient (Wildman–Crippen LogP) is 1.22. The first-order valence-electron chi connectivity index (χ1n) is 6.86. The Morgan fingerprint density at radius 1 is 1.30 bits per heavy atom. The summed E-state index contributed by atoms with van der Waals surface area (Å²) in [6.07, 6.45) is 3.13. The quantitative estimate of drug-likeness (QED) is 0.616. The third-order valence-electron chi connectivity index (χ3n) is 3.77. The van der Waals surface area contributed by atoms with Gasteiger partial charge in [0.05, 0.1) is 17.0 Å². The molecule has 6 heteroatoms. The van der Waals surface area contributed by atoms with E-state index in [1.807, 2.05) is 0 Å². The number of nitrogens with zero attached hydrogens (tertiary/aromatic N) is 1. The Morgan fingerprint density at radius 3 is 2.80 bits per heavy atom. The molecule has 2 aromatic rings. The number of nitrogen functional groups attached to an aromatic ring is 1. The molecule has 20 heavy (non-hydrogen) atoms. The number of nitrogens with two attached hydrogens (primary N) is 1. The van der Waals surface area contributed by atoms with Crippen LogP contribution in [0.15, 0.2) is 23.0 Å². The second-order valence-corrected chi connectivity index (χ2v) is 5.34. The van der Waals surface area contributed by atoms with Crippen molar-refractivity contribution in [1.82, 2.24) is 9.97 Å². The molecule has 1 aromatic carbocycles. The molecule has 1 aliphatic rings. The molecule has 1 aliphatic carbocycles. The minimum atomic E-state index is -0.195. The van der Waals surface area contributed by atoms with Gasteiger partial charge in [-0.3, -0.25) is 9.78 Å². The zero-order valence-corrected chi connectivity index (χ0v) is 11.1. The molecule has 6 nitrogen and oxygen atoms in total. The number of rotatable bonds is 2. The number of fused-ring (bicyclic) bond motifs is 1. The van der Waals surface area contributed by atoms with Crippen molar-refractivity contribution in [1.29, 1.82) is 0 Å². The Kier molecular flexibility index (Phi) is 3.31. The normalized spacial score (nSPS) is 22.9. The minimum Gasteiger partial charge on any atom is -0.399 e. The van der Waals surface area contributed by atoms with Gasteiger partial charge < -0.3 is 16.2 Å². The van der Waals surface area contributed by atoms with Gasteiger partial charge >= 0.3 is 0 Å². The van der Waals surface area contributed by atoms with E-state index in [-0.39, 0.29) is 17.7 Å². The van der Waals surface area contributed by atoms with E-state index in [0.29, 0.717) is 22.5 Å². The molecule has 3 rings (SSSR count). The van der Waals surface area contributed by atoms with E-state index < -0.39 is 0 Å². The van der Waals surface area contributed by atoms with Gasteiger partial charge in [0.15, 0.2) is 0 Å². The number of benzene rings is 1. The summed E-state index contributed by atoms with van der Waals surface area (Å²) in [5, 5.41) is 13.2. The molecule has 1 fully saturated rings. The largest absolute Gasteiger partial charge is 0.399 e. The van der Waals surface area contributed by atoms with Crippen LogP contribution >= 0.6 is 0 Å². The first kappa shape index (κ1) is 12.9. The maximum absolute atomic E-state index is 12.0. The maximum Gasteiger partial charge on any atom is 0.260 e. The highest BCUT2D eigenvalue weighted by Crippen LogP contribution is 2.21. The monoisotopic (exact) mass is 274 g/mol. The molecule has 5 N–H and O–H groups in total. The second kappa shape index (κ2) is 5.13. The standard InChI is InChI=1S/C14H18N4O2/c15-8-1-6-12-11(7-8)13(20)18-14(17-12)16-9-2-4-10(19)5-3-9/h1,6-7,9-10,19H,2-5,15H2,(H2,16,17,18,20). The van der Waals surface area contributed by atoms with E-state index in [0.717, 1.165) is 25.7 Å². The van der Waals surface area contributed by atoms with Crippen LogP contribution < -0.4 is 16.6 Å². The van der Waals surface area contributed by atoms with Gasteiger partial charge in [0.2, 0.25) is 5.95 Å². The number of aromatic amines is 1. The van der Waals surface area contributed by atoms with E-state index in [4.69, 9.17) is 5.73 Å². The highest BCUT2D eigenvalue weighted by Gasteiger charge is 2.19. The lowest BCUT2D eigenvalue weighted by Crippen LogP contribution is -2.29. The van der Waals surface area contributed by atoms with Gasteiger partial charge in [0.1, 0.15) is 0 Å². The maximum atomic E-state index is 12.0. The van der Waals surface area contributed by atoms with E-state index >= 15 is 0 Å².